The number of aromatic nitrogens is 2. The van der Waals surface area contributed by atoms with Crippen molar-refractivity contribution in [2.45, 2.75) is 12.5 Å². The van der Waals surface area contributed by atoms with Gasteiger partial charge in [0, 0.05) is 24.2 Å². The number of carbonyl (C=O) groups is 1. The monoisotopic (exact) mass is 321 g/mol. The first-order valence-electron chi connectivity index (χ1n) is 5.52. The number of hydrogen-bond acceptors (Lipinski definition) is 4. The Bertz CT molecular complexity index is 641. The highest BCUT2D eigenvalue weighted by Gasteiger charge is 2.16. The minimum Gasteiger partial charge on any atom is -0.385 e. The Morgan fingerprint density at radius 2 is 2.40 bits per heavy atom. The SMILES string of the molecule is O=C(/C=C/c1c(Cl)nc2sccn12)NCC(O)C(F)F. The zero-order valence-corrected chi connectivity index (χ0v) is 11.5. The minimum absolute atomic E-state index is 0.244. The van der Waals surface area contributed by atoms with Gasteiger partial charge in [-0.1, -0.05) is 11.6 Å². The summed E-state index contributed by atoms with van der Waals surface area (Å²) in [5, 5.41) is 13.1. The molecule has 0 aliphatic carbocycles. The summed E-state index contributed by atoms with van der Waals surface area (Å²) in [6, 6.07) is 0. The van der Waals surface area contributed by atoms with Crippen LogP contribution in [0.15, 0.2) is 17.7 Å². The third-order valence-corrected chi connectivity index (χ3v) is 3.46. The highest BCUT2D eigenvalue weighted by Crippen LogP contribution is 2.22. The fraction of sp³-hybridized carbons (Fsp3) is 0.273. The van der Waals surface area contributed by atoms with E-state index in [4.69, 9.17) is 16.7 Å². The third kappa shape index (κ3) is 3.33. The summed E-state index contributed by atoms with van der Waals surface area (Å²) in [5.41, 5.74) is 0.521. The number of rotatable bonds is 5. The van der Waals surface area contributed by atoms with Gasteiger partial charge in [0.25, 0.3) is 6.43 Å². The smallest absolute Gasteiger partial charge is 0.265 e. The predicted octanol–water partition coefficient (Wildman–Crippen LogP) is 1.80. The standard InChI is InChI=1S/C11H10ClF2N3O2S/c12-9-6(17-3-4-20-11(17)16-9)1-2-8(19)15-5-7(18)10(13)14/h1-4,7,10,18H,5H2,(H,15,19)/b2-1+. The number of aliphatic hydroxyl groups is 1. The van der Waals surface area contributed by atoms with Crippen molar-refractivity contribution in [3.63, 3.8) is 0 Å². The molecule has 0 aliphatic heterocycles. The van der Waals surface area contributed by atoms with Crippen LogP contribution in [0, 0.1) is 0 Å². The molecule has 0 spiro atoms. The first-order chi connectivity index (χ1) is 9.49. The van der Waals surface area contributed by atoms with E-state index in [-0.39, 0.29) is 5.15 Å². The van der Waals surface area contributed by atoms with Crippen LogP contribution in [0.4, 0.5) is 8.78 Å². The van der Waals surface area contributed by atoms with Crippen LogP contribution in [0.1, 0.15) is 5.69 Å². The van der Waals surface area contributed by atoms with E-state index in [9.17, 15) is 13.6 Å². The summed E-state index contributed by atoms with van der Waals surface area (Å²) >= 11 is 7.30. The summed E-state index contributed by atoms with van der Waals surface area (Å²) in [7, 11) is 0. The van der Waals surface area contributed by atoms with Crippen molar-refractivity contribution in [2.24, 2.45) is 0 Å². The van der Waals surface area contributed by atoms with Gasteiger partial charge < -0.3 is 10.4 Å². The van der Waals surface area contributed by atoms with Gasteiger partial charge in [0.1, 0.15) is 6.10 Å². The molecular formula is C11H10ClF2N3O2S. The summed E-state index contributed by atoms with van der Waals surface area (Å²) < 4.78 is 25.8. The molecule has 0 aliphatic rings. The highest BCUT2D eigenvalue weighted by molar-refractivity contribution is 7.15. The molecule has 2 aromatic rings. The summed E-state index contributed by atoms with van der Waals surface area (Å²) in [6.07, 6.45) is -0.454. The average Bonchev–Trinajstić information content (AvgIpc) is 2.94. The van der Waals surface area contributed by atoms with Crippen molar-refractivity contribution in [1.82, 2.24) is 14.7 Å². The molecule has 0 saturated carbocycles. The second-order valence-electron chi connectivity index (χ2n) is 3.82. The Balaban J connectivity index is 2.00. The molecule has 1 amide bonds. The normalized spacial score (nSPS) is 13.4. The molecule has 9 heteroatoms. The number of alkyl halides is 2. The van der Waals surface area contributed by atoms with Crippen LogP contribution in [0.2, 0.25) is 5.15 Å². The summed E-state index contributed by atoms with van der Waals surface area (Å²) in [6.45, 7) is -0.519. The van der Waals surface area contributed by atoms with E-state index in [1.54, 1.807) is 10.6 Å². The lowest BCUT2D eigenvalue weighted by molar-refractivity contribution is -0.117. The van der Waals surface area contributed by atoms with Crippen molar-refractivity contribution in [3.8, 4) is 0 Å². The van der Waals surface area contributed by atoms with Gasteiger partial charge in [0.2, 0.25) is 5.91 Å². The van der Waals surface area contributed by atoms with Gasteiger partial charge in [0.05, 0.1) is 5.69 Å². The first-order valence-corrected chi connectivity index (χ1v) is 6.78. The van der Waals surface area contributed by atoms with Crippen molar-refractivity contribution in [1.29, 1.82) is 0 Å². The van der Waals surface area contributed by atoms with Crippen molar-refractivity contribution in [3.05, 3.63) is 28.5 Å². The number of hydrogen-bond donors (Lipinski definition) is 2. The second-order valence-corrected chi connectivity index (χ2v) is 5.05. The lowest BCUT2D eigenvalue weighted by Crippen LogP contribution is -2.34. The van der Waals surface area contributed by atoms with E-state index in [0.717, 1.165) is 6.08 Å². The van der Waals surface area contributed by atoms with Gasteiger partial charge in [0.15, 0.2) is 10.1 Å². The molecule has 1 atom stereocenters. The Morgan fingerprint density at radius 1 is 1.65 bits per heavy atom. The number of amides is 1. The molecular weight excluding hydrogens is 312 g/mol. The molecule has 0 bridgehead atoms. The lowest BCUT2D eigenvalue weighted by Gasteiger charge is -2.08. The average molecular weight is 322 g/mol. The number of thiazole rings is 1. The van der Waals surface area contributed by atoms with E-state index in [2.05, 4.69) is 10.3 Å². The van der Waals surface area contributed by atoms with E-state index >= 15 is 0 Å². The zero-order valence-electron chi connectivity index (χ0n) is 9.96. The quantitative estimate of drug-likeness (QED) is 0.825. The van der Waals surface area contributed by atoms with Crippen LogP contribution < -0.4 is 5.32 Å². The predicted molar refractivity (Wildman–Crippen MR) is 72.1 cm³/mol. The largest absolute Gasteiger partial charge is 0.385 e. The molecule has 5 nitrogen and oxygen atoms in total. The molecule has 0 aromatic carbocycles. The van der Waals surface area contributed by atoms with Gasteiger partial charge in [-0.2, -0.15) is 0 Å². The number of nitrogens with zero attached hydrogens (tertiary/aromatic N) is 2. The van der Waals surface area contributed by atoms with Gasteiger partial charge in [-0.05, 0) is 6.08 Å². The van der Waals surface area contributed by atoms with Crippen LogP contribution in [-0.4, -0.2) is 39.5 Å². The van der Waals surface area contributed by atoms with Gasteiger partial charge in [-0.15, -0.1) is 11.3 Å². The lowest BCUT2D eigenvalue weighted by atomic mass is 10.3. The number of imidazole rings is 1. The van der Waals surface area contributed by atoms with E-state index < -0.39 is 25.0 Å². The number of fused-ring (bicyclic) bond motifs is 1. The maximum Gasteiger partial charge on any atom is 0.265 e. The maximum absolute atomic E-state index is 12.0. The van der Waals surface area contributed by atoms with Crippen molar-refractivity contribution >= 4 is 39.9 Å². The van der Waals surface area contributed by atoms with Gasteiger partial charge >= 0.3 is 0 Å². The van der Waals surface area contributed by atoms with E-state index in [0.29, 0.717) is 10.7 Å². The van der Waals surface area contributed by atoms with Gasteiger partial charge in [-0.25, -0.2) is 13.8 Å². The molecule has 2 N–H and O–H groups in total. The van der Waals surface area contributed by atoms with E-state index in [1.165, 1.54) is 17.4 Å². The van der Waals surface area contributed by atoms with Gasteiger partial charge in [-0.3, -0.25) is 9.20 Å². The Kier molecular flexibility index (Phi) is 4.69. The second kappa shape index (κ2) is 6.29. The third-order valence-electron chi connectivity index (χ3n) is 2.42. The highest BCUT2D eigenvalue weighted by atomic mass is 35.5. The number of nitrogens with one attached hydrogen (secondary N) is 1. The Labute approximate surface area is 121 Å². The molecule has 2 rings (SSSR count). The maximum atomic E-state index is 12.0. The fourth-order valence-corrected chi connectivity index (χ4v) is 2.44. The topological polar surface area (TPSA) is 66.6 Å². The minimum atomic E-state index is -2.89. The van der Waals surface area contributed by atoms with Crippen LogP contribution in [0.3, 0.4) is 0 Å². The van der Waals surface area contributed by atoms with Crippen LogP contribution >= 0.6 is 22.9 Å². The molecule has 20 heavy (non-hydrogen) atoms. The van der Waals surface area contributed by atoms with Crippen LogP contribution in [-0.2, 0) is 4.79 Å². The molecule has 1 unspecified atom stereocenters. The van der Waals surface area contributed by atoms with Crippen molar-refractivity contribution < 1.29 is 18.7 Å². The Hall–Kier alpha value is -1.51. The van der Waals surface area contributed by atoms with Crippen LogP contribution in [0.5, 0.6) is 0 Å². The fourth-order valence-electron chi connectivity index (χ4n) is 1.43. The molecule has 108 valence electrons. The zero-order chi connectivity index (χ0) is 14.7. The Morgan fingerprint density at radius 3 is 3.10 bits per heavy atom. The van der Waals surface area contributed by atoms with Crippen LogP contribution in [0.25, 0.3) is 11.0 Å². The molecule has 0 fully saturated rings. The summed E-state index contributed by atoms with van der Waals surface area (Å²) in [5.74, 6) is -0.606. The summed E-state index contributed by atoms with van der Waals surface area (Å²) in [4.78, 5) is 16.2. The molecule has 0 radical (unpaired) electrons. The number of carbonyl (C=O) groups excluding carboxylic acids is 1. The number of aliphatic hydroxyl groups excluding tert-OH is 1. The van der Waals surface area contributed by atoms with Crippen molar-refractivity contribution in [2.75, 3.05) is 6.54 Å². The van der Waals surface area contributed by atoms with E-state index in [1.807, 2.05) is 5.38 Å². The first kappa shape index (κ1) is 14.9. The molecule has 2 heterocycles. The number of halogens is 3. The molecule has 2 aromatic heterocycles. The molecule has 0 saturated heterocycles.